The van der Waals surface area contributed by atoms with Gasteiger partial charge < -0.3 is 19.3 Å². The zero-order valence-corrected chi connectivity index (χ0v) is 13.9. The van der Waals surface area contributed by atoms with E-state index in [1.807, 2.05) is 43.8 Å². The van der Waals surface area contributed by atoms with Gasteiger partial charge in [0.05, 0.1) is 5.69 Å². The second kappa shape index (κ2) is 7.13. The zero-order valence-electron chi connectivity index (χ0n) is 13.9. The van der Waals surface area contributed by atoms with E-state index in [1.54, 1.807) is 17.9 Å². The van der Waals surface area contributed by atoms with E-state index < -0.39 is 11.9 Å². The maximum atomic E-state index is 12.2. The van der Waals surface area contributed by atoms with Crippen molar-refractivity contribution in [3.05, 3.63) is 30.1 Å². The largest absolute Gasteiger partial charge is 0.354 e. The first-order valence-corrected chi connectivity index (χ1v) is 7.66. The molecule has 2 aromatic heterocycles. The zero-order chi connectivity index (χ0) is 17.0. The Morgan fingerprint density at radius 2 is 2.09 bits per heavy atom. The fraction of sp³-hybridized carbons (Fsp3) is 0.438. The molecule has 1 atom stereocenters. The Kier molecular flexibility index (Phi) is 5.20. The summed E-state index contributed by atoms with van der Waals surface area (Å²) in [4.78, 5) is 26.1. The van der Waals surface area contributed by atoms with Crippen LogP contribution in [0.2, 0.25) is 0 Å². The van der Waals surface area contributed by atoms with E-state index in [1.165, 1.54) is 0 Å². The fourth-order valence-corrected chi connectivity index (χ4v) is 2.36. The van der Waals surface area contributed by atoms with Crippen molar-refractivity contribution in [2.75, 3.05) is 13.1 Å². The highest BCUT2D eigenvalue weighted by molar-refractivity contribution is 5.96. The van der Waals surface area contributed by atoms with Crippen molar-refractivity contribution in [3.8, 4) is 11.5 Å². The van der Waals surface area contributed by atoms with Crippen LogP contribution >= 0.6 is 0 Å². The number of aromatic nitrogens is 2. The van der Waals surface area contributed by atoms with Crippen LogP contribution in [0, 0.1) is 0 Å². The van der Waals surface area contributed by atoms with E-state index in [-0.39, 0.29) is 11.6 Å². The second-order valence-corrected chi connectivity index (χ2v) is 5.29. The van der Waals surface area contributed by atoms with Gasteiger partial charge in [-0.1, -0.05) is 5.16 Å². The van der Waals surface area contributed by atoms with Crippen molar-refractivity contribution < 1.29 is 14.1 Å². The molecular formula is C16H22N4O3. The van der Waals surface area contributed by atoms with Crippen LogP contribution in [0.25, 0.3) is 11.5 Å². The van der Waals surface area contributed by atoms with E-state index in [9.17, 15) is 9.59 Å². The third-order valence-corrected chi connectivity index (χ3v) is 3.73. The van der Waals surface area contributed by atoms with Gasteiger partial charge in [0.25, 0.3) is 5.91 Å². The number of hydrogen-bond acceptors (Lipinski definition) is 4. The average molecular weight is 318 g/mol. The third kappa shape index (κ3) is 3.61. The number of likely N-dealkylation sites (N-methyl/N-ethyl adjacent to an activating group) is 1. The molecule has 0 aliphatic carbocycles. The molecule has 0 saturated carbocycles. The molecule has 0 fully saturated rings. The minimum Gasteiger partial charge on any atom is -0.354 e. The molecule has 0 spiro atoms. The standard InChI is InChI=1S/C16H22N4O3/c1-5-20(6-2)16(22)11(3)17-15(21)12-10-14(23-18-12)13-8-7-9-19(13)4/h7-11H,5-6H2,1-4H3,(H,17,21). The molecule has 1 unspecified atom stereocenters. The van der Waals surface area contributed by atoms with Crippen molar-refractivity contribution in [3.63, 3.8) is 0 Å². The summed E-state index contributed by atoms with van der Waals surface area (Å²) in [6.45, 7) is 6.68. The molecule has 0 bridgehead atoms. The summed E-state index contributed by atoms with van der Waals surface area (Å²) in [6, 6.07) is 4.70. The van der Waals surface area contributed by atoms with Gasteiger partial charge in [-0.15, -0.1) is 0 Å². The fourth-order valence-electron chi connectivity index (χ4n) is 2.36. The molecule has 0 aliphatic heterocycles. The molecule has 2 heterocycles. The summed E-state index contributed by atoms with van der Waals surface area (Å²) in [5, 5.41) is 6.44. The maximum absolute atomic E-state index is 12.2. The van der Waals surface area contributed by atoms with Gasteiger partial charge in [0.1, 0.15) is 6.04 Å². The van der Waals surface area contributed by atoms with Crippen molar-refractivity contribution in [2.45, 2.75) is 26.8 Å². The topological polar surface area (TPSA) is 80.4 Å². The van der Waals surface area contributed by atoms with Gasteiger partial charge in [0.2, 0.25) is 5.91 Å². The Hall–Kier alpha value is -2.57. The number of carbonyl (C=O) groups is 2. The maximum Gasteiger partial charge on any atom is 0.274 e. The Morgan fingerprint density at radius 3 is 2.65 bits per heavy atom. The van der Waals surface area contributed by atoms with E-state index in [4.69, 9.17) is 4.52 Å². The smallest absolute Gasteiger partial charge is 0.274 e. The van der Waals surface area contributed by atoms with Crippen LogP contribution in [0.15, 0.2) is 28.9 Å². The predicted molar refractivity (Wildman–Crippen MR) is 85.8 cm³/mol. The average Bonchev–Trinajstić information content (AvgIpc) is 3.16. The van der Waals surface area contributed by atoms with Gasteiger partial charge in [0, 0.05) is 32.4 Å². The van der Waals surface area contributed by atoms with E-state index in [2.05, 4.69) is 10.5 Å². The SMILES string of the molecule is CCN(CC)C(=O)C(C)NC(=O)c1cc(-c2cccn2C)on1. The molecule has 7 heteroatoms. The van der Waals surface area contributed by atoms with Crippen molar-refractivity contribution in [1.29, 1.82) is 0 Å². The molecule has 2 rings (SSSR count). The molecular weight excluding hydrogens is 296 g/mol. The molecule has 0 radical (unpaired) electrons. The molecule has 1 N–H and O–H groups in total. The van der Waals surface area contributed by atoms with Crippen LogP contribution in [0.5, 0.6) is 0 Å². The monoisotopic (exact) mass is 318 g/mol. The normalized spacial score (nSPS) is 12.0. The highest BCUT2D eigenvalue weighted by Gasteiger charge is 2.22. The molecule has 7 nitrogen and oxygen atoms in total. The quantitative estimate of drug-likeness (QED) is 0.878. The summed E-state index contributed by atoms with van der Waals surface area (Å²) in [5.74, 6) is -0.0397. The minimum absolute atomic E-state index is 0.116. The molecule has 0 aromatic carbocycles. The van der Waals surface area contributed by atoms with Crippen LogP contribution in [-0.4, -0.2) is 45.6 Å². The number of hydrogen-bond donors (Lipinski definition) is 1. The lowest BCUT2D eigenvalue weighted by Crippen LogP contribution is -2.46. The van der Waals surface area contributed by atoms with E-state index >= 15 is 0 Å². The lowest BCUT2D eigenvalue weighted by Gasteiger charge is -2.23. The summed E-state index contributed by atoms with van der Waals surface area (Å²) >= 11 is 0. The lowest BCUT2D eigenvalue weighted by atomic mass is 10.2. The Labute approximate surface area is 135 Å². The highest BCUT2D eigenvalue weighted by atomic mass is 16.5. The lowest BCUT2D eigenvalue weighted by molar-refractivity contribution is -0.132. The first-order valence-electron chi connectivity index (χ1n) is 7.66. The second-order valence-electron chi connectivity index (χ2n) is 5.29. The highest BCUT2D eigenvalue weighted by Crippen LogP contribution is 2.20. The first-order chi connectivity index (χ1) is 11.0. The number of nitrogens with zero attached hydrogens (tertiary/aromatic N) is 3. The number of nitrogens with one attached hydrogen (secondary N) is 1. The van der Waals surface area contributed by atoms with Gasteiger partial charge in [-0.3, -0.25) is 9.59 Å². The Bertz CT molecular complexity index is 685. The van der Waals surface area contributed by atoms with Crippen molar-refractivity contribution in [2.24, 2.45) is 7.05 Å². The summed E-state index contributed by atoms with van der Waals surface area (Å²) in [7, 11) is 1.88. The number of aryl methyl sites for hydroxylation is 1. The van der Waals surface area contributed by atoms with Gasteiger partial charge in [-0.25, -0.2) is 0 Å². The molecule has 0 aliphatic rings. The van der Waals surface area contributed by atoms with Crippen molar-refractivity contribution in [1.82, 2.24) is 19.9 Å². The summed E-state index contributed by atoms with van der Waals surface area (Å²) in [6.07, 6.45) is 1.88. The van der Waals surface area contributed by atoms with Gasteiger partial charge in [0.15, 0.2) is 11.5 Å². The van der Waals surface area contributed by atoms with Gasteiger partial charge in [-0.05, 0) is 32.9 Å². The van der Waals surface area contributed by atoms with Crippen LogP contribution < -0.4 is 5.32 Å². The Balaban J connectivity index is 2.06. The predicted octanol–water partition coefficient (Wildman–Crippen LogP) is 1.67. The first kappa shape index (κ1) is 16.8. The number of amides is 2. The van der Waals surface area contributed by atoms with Crippen LogP contribution in [-0.2, 0) is 11.8 Å². The summed E-state index contributed by atoms with van der Waals surface area (Å²) < 4.78 is 7.09. The third-order valence-electron chi connectivity index (χ3n) is 3.73. The minimum atomic E-state index is -0.613. The van der Waals surface area contributed by atoms with E-state index in [0.29, 0.717) is 18.8 Å². The molecule has 124 valence electrons. The van der Waals surface area contributed by atoms with Crippen molar-refractivity contribution >= 4 is 11.8 Å². The van der Waals surface area contributed by atoms with Crippen LogP contribution in [0.4, 0.5) is 0 Å². The molecule has 23 heavy (non-hydrogen) atoms. The summed E-state index contributed by atoms with van der Waals surface area (Å²) in [5.41, 5.74) is 0.976. The molecule has 2 amide bonds. The van der Waals surface area contributed by atoms with Crippen LogP contribution in [0.1, 0.15) is 31.3 Å². The van der Waals surface area contributed by atoms with Gasteiger partial charge >= 0.3 is 0 Å². The molecule has 2 aromatic rings. The van der Waals surface area contributed by atoms with E-state index in [0.717, 1.165) is 5.69 Å². The van der Waals surface area contributed by atoms with Gasteiger partial charge in [-0.2, -0.15) is 0 Å². The molecule has 0 saturated heterocycles. The Morgan fingerprint density at radius 1 is 1.39 bits per heavy atom. The van der Waals surface area contributed by atoms with Crippen LogP contribution in [0.3, 0.4) is 0 Å². The number of carbonyl (C=O) groups excluding carboxylic acids is 2. The number of rotatable bonds is 6.